The highest BCUT2D eigenvalue weighted by molar-refractivity contribution is 9.10. The molecule has 11 N–H and O–H groups in total. The molecule has 9 rings (SSSR count). The molecule has 18 nitrogen and oxygen atoms in total. The number of alkyl halides is 6. The molecule has 0 unspecified atom stereocenters. The lowest BCUT2D eigenvalue weighted by Gasteiger charge is -2.12. The van der Waals surface area contributed by atoms with E-state index >= 15 is 0 Å². The molecule has 0 fully saturated rings. The van der Waals surface area contributed by atoms with Gasteiger partial charge in [-0.3, -0.25) is 16.8 Å². The molecule has 29 heteroatoms. The Morgan fingerprint density at radius 3 is 1.79 bits per heavy atom. The minimum atomic E-state index is -4.32. The molecule has 5 aromatic heterocycles. The predicted octanol–water partition coefficient (Wildman–Crippen LogP) is 8.13. The number of nitriles is 1. The van der Waals surface area contributed by atoms with E-state index in [0.717, 1.165) is 11.5 Å². The van der Waals surface area contributed by atoms with Crippen molar-refractivity contribution in [2.75, 3.05) is 29.5 Å². The second-order valence-corrected chi connectivity index (χ2v) is 15.6. The number of hydrogen-bond acceptors (Lipinski definition) is 15. The number of nitrogens with two attached hydrogens (primary N) is 3. The number of fused-ring (bicyclic) bond motifs is 3. The van der Waals surface area contributed by atoms with E-state index in [9.17, 15) is 39.5 Å². The van der Waals surface area contributed by atoms with E-state index < -0.39 is 49.8 Å². The van der Waals surface area contributed by atoms with Gasteiger partial charge in [0.2, 0.25) is 11.8 Å². The van der Waals surface area contributed by atoms with Crippen LogP contribution < -0.4 is 43.0 Å². The lowest BCUT2D eigenvalue weighted by atomic mass is 9.80. The second kappa shape index (κ2) is 23.8. The van der Waals surface area contributed by atoms with Crippen LogP contribution in [0.1, 0.15) is 18.4 Å². The average Bonchev–Trinajstić information content (AvgIpc) is 4.05. The Labute approximate surface area is 414 Å². The third-order valence-electron chi connectivity index (χ3n) is 9.63. The molecule has 0 aliphatic carbocycles. The topological polar surface area (TPSA) is 274 Å². The fourth-order valence-electron chi connectivity index (χ4n) is 6.39. The Morgan fingerprint density at radius 2 is 1.27 bits per heavy atom. The zero-order valence-electron chi connectivity index (χ0n) is 37.1. The number of aromatic amines is 1. The zero-order chi connectivity index (χ0) is 53.0. The van der Waals surface area contributed by atoms with E-state index in [4.69, 9.17) is 30.5 Å². The predicted molar refractivity (Wildman–Crippen MR) is 254 cm³/mol. The van der Waals surface area contributed by atoms with Gasteiger partial charge < -0.3 is 35.9 Å². The Balaban J connectivity index is 0.000000195. The molecule has 5 heterocycles. The van der Waals surface area contributed by atoms with E-state index in [2.05, 4.69) is 68.6 Å². The van der Waals surface area contributed by atoms with Crippen LogP contribution in [0, 0.1) is 28.8 Å². The summed E-state index contributed by atoms with van der Waals surface area (Å²) in [5.74, 6) is 7.14. The van der Waals surface area contributed by atoms with Crippen LogP contribution in [0.25, 0.3) is 33.5 Å². The van der Waals surface area contributed by atoms with E-state index in [1.807, 2.05) is 0 Å². The maximum atomic E-state index is 13.6. The first kappa shape index (κ1) is 54.2. The standard InChI is InChI=1S/C22H17F4N7O.C15H11BrF4N4O.C7H5BFNO2.H4N2/c23-13-2-1-3-14(9-13)34-19-10-17(28-7-6-22(24,25)26)21-29-11-18(33(21)32-19)12-4-5-15-16(8-12)30-31-20(15)27;16-12-8-22-14-11(21-5-4-15(18,19)20)7-13(23-24(12)14)25-10-3-1-2-9(17)6-10;9-7-3-6(8(11)12)2-1-5(7)4-10;1-2/h1-5,8-11,28H,6-7H2,(H3,27,30,31);1-3,6-8,21H,4-5H2;1-3,11-12H;1-2H2. The van der Waals surface area contributed by atoms with Gasteiger partial charge in [0.15, 0.2) is 17.1 Å². The zero-order valence-corrected chi connectivity index (χ0v) is 38.7. The highest BCUT2D eigenvalue weighted by Crippen LogP contribution is 2.32. The third-order valence-corrected chi connectivity index (χ3v) is 10.2. The normalized spacial score (nSPS) is 11.1. The van der Waals surface area contributed by atoms with Gasteiger partial charge in [0.05, 0.1) is 53.4 Å². The number of hydrogen-bond donors (Lipinski definition) is 8. The number of aromatic nitrogens is 8. The first-order chi connectivity index (χ1) is 34.7. The molecule has 0 radical (unpaired) electrons. The second-order valence-electron chi connectivity index (χ2n) is 14.8. The van der Waals surface area contributed by atoms with Gasteiger partial charge in [-0.25, -0.2) is 32.2 Å². The molecular weight excluding hydrogens is 1050 g/mol. The Kier molecular flexibility index (Phi) is 17.7. The largest absolute Gasteiger partial charge is 0.488 e. The van der Waals surface area contributed by atoms with E-state index in [0.29, 0.717) is 44.2 Å². The van der Waals surface area contributed by atoms with Crippen molar-refractivity contribution in [3.05, 3.63) is 137 Å². The minimum Gasteiger partial charge on any atom is -0.437 e. The third kappa shape index (κ3) is 14.7. The van der Waals surface area contributed by atoms with Crippen molar-refractivity contribution in [2.24, 2.45) is 11.7 Å². The first-order valence-corrected chi connectivity index (χ1v) is 21.6. The van der Waals surface area contributed by atoms with Gasteiger partial charge in [-0.05, 0) is 69.9 Å². The Morgan fingerprint density at radius 1 is 0.726 bits per heavy atom. The molecule has 4 aromatic carbocycles. The number of benzene rings is 4. The number of nitrogen functional groups attached to an aromatic ring is 1. The Bertz CT molecular complexity index is 3370. The van der Waals surface area contributed by atoms with Crippen LogP contribution in [0.2, 0.25) is 0 Å². The van der Waals surface area contributed by atoms with Gasteiger partial charge in [0, 0.05) is 48.3 Å². The van der Waals surface area contributed by atoms with Crippen molar-refractivity contribution in [2.45, 2.75) is 25.2 Å². The number of nitrogens with one attached hydrogen (secondary N) is 3. The molecule has 0 amide bonds. The summed E-state index contributed by atoms with van der Waals surface area (Å²) in [6.45, 7) is -0.697. The number of anilines is 3. The molecule has 0 saturated heterocycles. The van der Waals surface area contributed by atoms with Crippen molar-refractivity contribution < 1.29 is 59.0 Å². The Hall–Kier alpha value is -8.17. The van der Waals surface area contributed by atoms with Crippen LogP contribution in [0.3, 0.4) is 0 Å². The molecule has 0 aliphatic heterocycles. The summed E-state index contributed by atoms with van der Waals surface area (Å²) in [6, 6.07) is 24.2. The summed E-state index contributed by atoms with van der Waals surface area (Å²) in [5, 5.41) is 47.2. The van der Waals surface area contributed by atoms with E-state index in [1.54, 1.807) is 30.5 Å². The lowest BCUT2D eigenvalue weighted by Crippen LogP contribution is -2.30. The van der Waals surface area contributed by atoms with Crippen molar-refractivity contribution in [1.82, 2.24) is 39.4 Å². The highest BCUT2D eigenvalue weighted by atomic mass is 79.9. The van der Waals surface area contributed by atoms with Crippen molar-refractivity contribution in [1.29, 1.82) is 5.26 Å². The molecule has 0 bridgehead atoms. The number of H-pyrrole nitrogens is 1. The maximum absolute atomic E-state index is 13.6. The van der Waals surface area contributed by atoms with Crippen molar-refractivity contribution in [3.63, 3.8) is 0 Å². The van der Waals surface area contributed by atoms with Crippen LogP contribution in [0.15, 0.2) is 114 Å². The summed E-state index contributed by atoms with van der Waals surface area (Å²) in [7, 11) is -1.70. The minimum absolute atomic E-state index is 0.0338. The van der Waals surface area contributed by atoms with Gasteiger partial charge in [-0.2, -0.15) is 36.7 Å². The fourth-order valence-corrected chi connectivity index (χ4v) is 6.73. The number of halogens is 10. The molecule has 0 atom stereocenters. The van der Waals surface area contributed by atoms with Crippen LogP contribution in [0.5, 0.6) is 23.3 Å². The summed E-state index contributed by atoms with van der Waals surface area (Å²) in [5.41, 5.74) is 8.94. The summed E-state index contributed by atoms with van der Waals surface area (Å²) >= 11 is 3.25. The van der Waals surface area contributed by atoms with Crippen molar-refractivity contribution in [3.8, 4) is 40.6 Å². The van der Waals surface area contributed by atoms with Crippen molar-refractivity contribution >= 4 is 67.9 Å². The summed E-state index contributed by atoms with van der Waals surface area (Å²) < 4.78 is 129. The van der Waals surface area contributed by atoms with Crippen LogP contribution >= 0.6 is 15.9 Å². The van der Waals surface area contributed by atoms with Crippen LogP contribution in [-0.2, 0) is 0 Å². The monoisotopic (exact) mass is 1090 g/mol. The number of ether oxygens (including phenoxy) is 2. The molecule has 380 valence electrons. The van der Waals surface area contributed by atoms with Gasteiger partial charge in [0.1, 0.15) is 39.6 Å². The highest BCUT2D eigenvalue weighted by Gasteiger charge is 2.28. The number of imidazole rings is 2. The van der Waals surface area contributed by atoms with Crippen LogP contribution in [-0.4, -0.2) is 82.0 Å². The number of nitrogens with zero attached hydrogens (tertiary/aromatic N) is 8. The molecule has 0 aliphatic rings. The smallest absolute Gasteiger partial charge is 0.437 e. The molecular formula is C44H37BBrF9N14O4. The van der Waals surface area contributed by atoms with Gasteiger partial charge in [-0.15, -0.1) is 10.2 Å². The molecule has 9 aromatic rings. The molecule has 73 heavy (non-hydrogen) atoms. The average molecular weight is 1090 g/mol. The van der Waals surface area contributed by atoms with Crippen LogP contribution in [0.4, 0.5) is 56.7 Å². The van der Waals surface area contributed by atoms with E-state index in [-0.39, 0.29) is 53.1 Å². The lowest BCUT2D eigenvalue weighted by molar-refractivity contribution is -0.132. The van der Waals surface area contributed by atoms with E-state index in [1.165, 1.54) is 88.0 Å². The van der Waals surface area contributed by atoms with Gasteiger partial charge in [0.25, 0.3) is 0 Å². The quantitative estimate of drug-likeness (QED) is 0.0248. The number of hydrazine groups is 1. The maximum Gasteiger partial charge on any atom is 0.488 e. The SMILES string of the molecule is Fc1cccc(Oc2cc(NCCC(F)(F)F)c3ncc(Br)n3n2)c1.N#Cc1ccc(B(O)O)cc1F.NN.Nc1n[nH]c2cc(-c3cnc4c(NCCC(F)(F)F)cc(Oc5cccc(F)c5)nn34)ccc12. The molecule has 0 saturated carbocycles. The summed E-state index contributed by atoms with van der Waals surface area (Å²) in [6.07, 6.45) is -7.61. The molecule has 0 spiro atoms. The first-order valence-electron chi connectivity index (χ1n) is 20.8. The number of rotatable bonds is 12. The fraction of sp³-hybridized carbons (Fsp3) is 0.136. The summed E-state index contributed by atoms with van der Waals surface area (Å²) in [4.78, 5) is 8.44. The van der Waals surface area contributed by atoms with Gasteiger partial charge >= 0.3 is 19.5 Å². The van der Waals surface area contributed by atoms with Gasteiger partial charge in [-0.1, -0.05) is 24.3 Å².